The van der Waals surface area contributed by atoms with Gasteiger partial charge in [0.25, 0.3) is 0 Å². The highest BCUT2D eigenvalue weighted by molar-refractivity contribution is 6.30. The van der Waals surface area contributed by atoms with Crippen LogP contribution in [-0.4, -0.2) is 42.0 Å². The number of hydrogen-bond donors (Lipinski definition) is 1. The Bertz CT molecular complexity index is 1360. The van der Waals surface area contributed by atoms with Crippen molar-refractivity contribution in [3.8, 4) is 11.5 Å². The van der Waals surface area contributed by atoms with Gasteiger partial charge in [-0.25, -0.2) is 0 Å². The maximum absolute atomic E-state index is 13.3. The lowest BCUT2D eigenvalue weighted by Crippen LogP contribution is -2.46. The first kappa shape index (κ1) is 25.4. The lowest BCUT2D eigenvalue weighted by atomic mass is 9.86. The topological polar surface area (TPSA) is 53.0 Å². The fraction of sp³-hybridized carbons (Fsp3) is 0.323. The fourth-order valence-corrected chi connectivity index (χ4v) is 5.21. The second-order valence-corrected chi connectivity index (χ2v) is 11.4. The zero-order chi connectivity index (χ0) is 26.3. The highest BCUT2D eigenvalue weighted by Gasteiger charge is 2.34. The average molecular weight is 517 g/mol. The molecule has 0 saturated carbocycles. The lowest BCUT2D eigenvalue weighted by Gasteiger charge is -2.36. The summed E-state index contributed by atoms with van der Waals surface area (Å²) in [5, 5.41) is 11.6. The Morgan fingerprint density at radius 1 is 1.03 bits per heavy atom. The minimum Gasteiger partial charge on any atom is -0.507 e. The molecule has 0 aromatic heterocycles. The summed E-state index contributed by atoms with van der Waals surface area (Å²) < 4.78 is 6.16. The van der Waals surface area contributed by atoms with Gasteiger partial charge in [0, 0.05) is 43.4 Å². The third-order valence-corrected chi connectivity index (χ3v) is 7.46. The SMILES string of the molecule is Cc1cc(O)c(CN2CCN(c3cccc(Cl)c3)CC2)c2c1C(=O)/C(=C\c1ccc(C(C)(C)C)cc1)O2. The molecule has 0 bridgehead atoms. The molecule has 0 radical (unpaired) electrons. The van der Waals surface area contributed by atoms with Crippen LogP contribution in [-0.2, 0) is 12.0 Å². The molecule has 37 heavy (non-hydrogen) atoms. The third-order valence-electron chi connectivity index (χ3n) is 7.22. The van der Waals surface area contributed by atoms with E-state index in [1.165, 1.54) is 5.56 Å². The summed E-state index contributed by atoms with van der Waals surface area (Å²) in [6, 6.07) is 17.8. The zero-order valence-corrected chi connectivity index (χ0v) is 22.6. The average Bonchev–Trinajstić information content (AvgIpc) is 3.18. The van der Waals surface area contributed by atoms with Crippen LogP contribution in [0.3, 0.4) is 0 Å². The monoisotopic (exact) mass is 516 g/mol. The molecule has 1 N–H and O–H groups in total. The quantitative estimate of drug-likeness (QED) is 0.396. The minimum atomic E-state index is -0.139. The molecule has 0 amide bonds. The normalized spacial score (nSPS) is 17.3. The predicted octanol–water partition coefficient (Wildman–Crippen LogP) is 6.59. The maximum atomic E-state index is 13.3. The van der Waals surface area contributed by atoms with Crippen molar-refractivity contribution in [3.63, 3.8) is 0 Å². The Labute approximate surface area is 223 Å². The summed E-state index contributed by atoms with van der Waals surface area (Å²) in [6.45, 7) is 12.2. The number of fused-ring (bicyclic) bond motifs is 1. The fourth-order valence-electron chi connectivity index (χ4n) is 5.02. The third kappa shape index (κ3) is 5.25. The van der Waals surface area contributed by atoms with E-state index in [1.807, 2.05) is 37.3 Å². The van der Waals surface area contributed by atoms with Crippen molar-refractivity contribution < 1.29 is 14.6 Å². The molecule has 1 fully saturated rings. The van der Waals surface area contributed by atoms with Crippen molar-refractivity contribution in [2.75, 3.05) is 31.1 Å². The molecular formula is C31H33ClN2O3. The molecule has 3 aromatic carbocycles. The molecule has 0 atom stereocenters. The molecule has 2 aliphatic rings. The first-order chi connectivity index (χ1) is 17.6. The molecule has 5 rings (SSSR count). The van der Waals surface area contributed by atoms with Crippen molar-refractivity contribution in [1.82, 2.24) is 4.90 Å². The Kier molecular flexibility index (Phi) is 6.78. The number of hydrogen-bond acceptors (Lipinski definition) is 5. The molecule has 3 aromatic rings. The van der Waals surface area contributed by atoms with Crippen LogP contribution >= 0.6 is 11.6 Å². The number of halogens is 1. The van der Waals surface area contributed by atoms with Crippen LogP contribution in [0.5, 0.6) is 11.5 Å². The van der Waals surface area contributed by atoms with Gasteiger partial charge >= 0.3 is 0 Å². The van der Waals surface area contributed by atoms with Crippen LogP contribution in [0.4, 0.5) is 5.69 Å². The van der Waals surface area contributed by atoms with E-state index in [2.05, 4.69) is 48.8 Å². The number of carbonyl (C=O) groups excluding carboxylic acids is 1. The van der Waals surface area contributed by atoms with Gasteiger partial charge in [-0.2, -0.15) is 0 Å². The molecule has 0 unspecified atom stereocenters. The van der Waals surface area contributed by atoms with Crippen molar-refractivity contribution in [2.24, 2.45) is 0 Å². The van der Waals surface area contributed by atoms with Crippen LogP contribution in [0.2, 0.25) is 5.02 Å². The summed E-state index contributed by atoms with van der Waals surface area (Å²) in [4.78, 5) is 17.9. The standard InChI is InChI=1S/C31H33ClN2O3/c1-20-16-26(35)25(19-33-12-14-34(15-13-33)24-7-5-6-23(32)18-24)30-28(20)29(36)27(37-30)17-21-8-10-22(11-9-21)31(2,3)4/h5-11,16-18,35H,12-15,19H2,1-4H3/b27-17+. The molecule has 6 heteroatoms. The van der Waals surface area contributed by atoms with Crippen LogP contribution in [0.15, 0.2) is 60.4 Å². The van der Waals surface area contributed by atoms with E-state index in [4.69, 9.17) is 16.3 Å². The second kappa shape index (κ2) is 9.88. The molecular weight excluding hydrogens is 484 g/mol. The first-order valence-corrected chi connectivity index (χ1v) is 13.1. The number of allylic oxidation sites excluding steroid dienone is 1. The van der Waals surface area contributed by atoms with Gasteiger partial charge in [0.1, 0.15) is 11.5 Å². The van der Waals surface area contributed by atoms with Crippen molar-refractivity contribution in [1.29, 1.82) is 0 Å². The number of rotatable bonds is 4. The number of phenolic OH excluding ortho intramolecular Hbond substituents is 1. The Morgan fingerprint density at radius 2 is 1.73 bits per heavy atom. The smallest absolute Gasteiger partial charge is 0.232 e. The van der Waals surface area contributed by atoms with E-state index in [9.17, 15) is 9.90 Å². The van der Waals surface area contributed by atoms with Gasteiger partial charge in [0.2, 0.25) is 5.78 Å². The van der Waals surface area contributed by atoms with Gasteiger partial charge in [0.05, 0.1) is 11.1 Å². The van der Waals surface area contributed by atoms with Crippen molar-refractivity contribution in [3.05, 3.63) is 93.2 Å². The molecule has 2 aliphatic heterocycles. The number of Topliss-reactive ketones (excluding diaryl/α,β-unsaturated/α-hetero) is 1. The summed E-state index contributed by atoms with van der Waals surface area (Å²) in [7, 11) is 0. The Balaban J connectivity index is 1.35. The zero-order valence-electron chi connectivity index (χ0n) is 21.8. The maximum Gasteiger partial charge on any atom is 0.232 e. The number of piperazine rings is 1. The van der Waals surface area contributed by atoms with Crippen LogP contribution in [0, 0.1) is 6.92 Å². The Morgan fingerprint density at radius 3 is 2.38 bits per heavy atom. The largest absolute Gasteiger partial charge is 0.507 e. The minimum absolute atomic E-state index is 0.0603. The van der Waals surface area contributed by atoms with Crippen molar-refractivity contribution in [2.45, 2.75) is 39.7 Å². The van der Waals surface area contributed by atoms with Crippen molar-refractivity contribution >= 4 is 29.1 Å². The molecule has 192 valence electrons. The lowest BCUT2D eigenvalue weighted by molar-refractivity contribution is 0.101. The van der Waals surface area contributed by atoms with Gasteiger partial charge in [-0.1, -0.05) is 62.7 Å². The number of phenols is 1. The summed E-state index contributed by atoms with van der Waals surface area (Å²) in [5.41, 5.74) is 5.24. The van der Waals surface area contributed by atoms with E-state index >= 15 is 0 Å². The summed E-state index contributed by atoms with van der Waals surface area (Å²) in [6.07, 6.45) is 1.79. The predicted molar refractivity (Wildman–Crippen MR) is 150 cm³/mol. The van der Waals surface area contributed by atoms with Crippen LogP contribution < -0.4 is 9.64 Å². The van der Waals surface area contributed by atoms with E-state index in [-0.39, 0.29) is 16.9 Å². The summed E-state index contributed by atoms with van der Waals surface area (Å²) >= 11 is 6.17. The second-order valence-electron chi connectivity index (χ2n) is 11.0. The molecule has 5 nitrogen and oxygen atoms in total. The first-order valence-electron chi connectivity index (χ1n) is 12.7. The number of ketones is 1. The molecule has 2 heterocycles. The highest BCUT2D eigenvalue weighted by Crippen LogP contribution is 2.42. The number of aromatic hydroxyl groups is 1. The molecule has 1 saturated heterocycles. The number of ether oxygens (including phenoxy) is 1. The van der Waals surface area contributed by atoms with Gasteiger partial charge in [-0.15, -0.1) is 0 Å². The van der Waals surface area contributed by atoms with E-state index in [0.29, 0.717) is 29.2 Å². The van der Waals surface area contributed by atoms with Crippen LogP contribution in [0.1, 0.15) is 53.4 Å². The Hall–Kier alpha value is -3.28. The summed E-state index contributed by atoms with van der Waals surface area (Å²) in [5.74, 6) is 0.799. The van der Waals surface area contributed by atoms with Gasteiger partial charge in [0.15, 0.2) is 5.76 Å². The van der Waals surface area contributed by atoms with E-state index in [1.54, 1.807) is 12.1 Å². The van der Waals surface area contributed by atoms with Gasteiger partial charge < -0.3 is 14.7 Å². The number of anilines is 1. The molecule has 0 spiro atoms. The van der Waals surface area contributed by atoms with Crippen LogP contribution in [0.25, 0.3) is 6.08 Å². The number of benzene rings is 3. The number of carbonyl (C=O) groups is 1. The number of aryl methyl sites for hydroxylation is 1. The van der Waals surface area contributed by atoms with E-state index < -0.39 is 0 Å². The molecule has 0 aliphatic carbocycles. The highest BCUT2D eigenvalue weighted by atomic mass is 35.5. The van der Waals surface area contributed by atoms with E-state index in [0.717, 1.165) is 48.0 Å². The van der Waals surface area contributed by atoms with Gasteiger partial charge in [-0.3, -0.25) is 9.69 Å². The number of nitrogens with zero attached hydrogens (tertiary/aromatic N) is 2. The van der Waals surface area contributed by atoms with Gasteiger partial charge in [-0.05, 0) is 59.4 Å².